The fourth-order valence-electron chi connectivity index (χ4n) is 2.98. The lowest BCUT2D eigenvalue weighted by atomic mass is 10.2. The third kappa shape index (κ3) is 4.06. The zero-order chi connectivity index (χ0) is 19.6. The van der Waals surface area contributed by atoms with Gasteiger partial charge >= 0.3 is 0 Å². The zero-order valence-corrected chi connectivity index (χ0v) is 17.2. The molecule has 0 radical (unpaired) electrons. The lowest BCUT2D eigenvalue weighted by molar-refractivity contribution is -0.119. The second-order valence-corrected chi connectivity index (χ2v) is 9.72. The third-order valence-corrected chi connectivity index (χ3v) is 7.88. The maximum atomic E-state index is 12.9. The summed E-state index contributed by atoms with van der Waals surface area (Å²) in [6, 6.07) is 7.20. The second-order valence-electron chi connectivity index (χ2n) is 5.89. The van der Waals surface area contributed by atoms with Gasteiger partial charge in [0.2, 0.25) is 5.91 Å². The number of amides is 1. The monoisotopic (exact) mass is 430 g/mol. The Morgan fingerprint density at radius 1 is 1.22 bits per heavy atom. The number of carbonyl (C=O) groups excluding carboxylic acids is 1. The summed E-state index contributed by atoms with van der Waals surface area (Å²) >= 11 is 6.85. The van der Waals surface area contributed by atoms with Crippen molar-refractivity contribution in [2.24, 2.45) is 0 Å². The number of ether oxygens (including phenoxy) is 2. The van der Waals surface area contributed by atoms with Crippen LogP contribution in [0.1, 0.15) is 12.8 Å². The summed E-state index contributed by atoms with van der Waals surface area (Å²) in [5.41, 5.74) is 0.501. The molecule has 1 amide bonds. The molecule has 3 rings (SSSR count). The van der Waals surface area contributed by atoms with Crippen LogP contribution < -0.4 is 14.8 Å². The van der Waals surface area contributed by atoms with Gasteiger partial charge in [0.1, 0.15) is 10.3 Å². The topological polar surface area (TPSA) is 84.9 Å². The van der Waals surface area contributed by atoms with E-state index in [0.717, 1.165) is 11.3 Å². The van der Waals surface area contributed by atoms with E-state index in [2.05, 4.69) is 5.32 Å². The first kappa shape index (κ1) is 19.9. The molecule has 10 heteroatoms. The van der Waals surface area contributed by atoms with Crippen molar-refractivity contribution < 1.29 is 22.7 Å². The number of nitrogens with one attached hydrogen (secondary N) is 1. The SMILES string of the molecule is COc1ccc(NC(=O)[C@H]2CCCN2S(=O)(=O)c2ccc(Cl)s2)cc1OC. The third-order valence-electron chi connectivity index (χ3n) is 4.27. The number of sulfonamides is 1. The molecule has 0 bridgehead atoms. The number of carbonyl (C=O) groups is 1. The number of nitrogens with zero attached hydrogens (tertiary/aromatic N) is 1. The van der Waals surface area contributed by atoms with Gasteiger partial charge < -0.3 is 14.8 Å². The van der Waals surface area contributed by atoms with Gasteiger partial charge in [0.25, 0.3) is 10.0 Å². The molecule has 1 aliphatic heterocycles. The molecule has 2 aromatic rings. The van der Waals surface area contributed by atoms with E-state index in [9.17, 15) is 13.2 Å². The maximum Gasteiger partial charge on any atom is 0.253 e. The van der Waals surface area contributed by atoms with Crippen molar-refractivity contribution in [2.45, 2.75) is 23.1 Å². The van der Waals surface area contributed by atoms with Crippen molar-refractivity contribution in [1.29, 1.82) is 0 Å². The van der Waals surface area contributed by atoms with E-state index in [1.165, 1.54) is 30.7 Å². The first-order valence-corrected chi connectivity index (χ1v) is 10.8. The maximum absolute atomic E-state index is 12.9. The highest BCUT2D eigenvalue weighted by atomic mass is 35.5. The minimum absolute atomic E-state index is 0.137. The van der Waals surface area contributed by atoms with Crippen molar-refractivity contribution in [1.82, 2.24) is 4.31 Å². The van der Waals surface area contributed by atoms with Gasteiger partial charge in [-0.15, -0.1) is 11.3 Å². The average Bonchev–Trinajstić information content (AvgIpc) is 3.31. The van der Waals surface area contributed by atoms with E-state index < -0.39 is 16.1 Å². The lowest BCUT2D eigenvalue weighted by Gasteiger charge is -2.22. The second kappa shape index (κ2) is 8.05. The molecular weight excluding hydrogens is 412 g/mol. The van der Waals surface area contributed by atoms with Crippen molar-refractivity contribution in [3.8, 4) is 11.5 Å². The van der Waals surface area contributed by atoms with Crippen molar-refractivity contribution in [3.63, 3.8) is 0 Å². The molecule has 1 aromatic heterocycles. The lowest BCUT2D eigenvalue weighted by Crippen LogP contribution is -2.42. The summed E-state index contributed by atoms with van der Waals surface area (Å²) in [6.07, 6.45) is 1.07. The molecule has 0 saturated carbocycles. The van der Waals surface area contributed by atoms with Gasteiger partial charge in [-0.05, 0) is 37.1 Å². The summed E-state index contributed by atoms with van der Waals surface area (Å²) in [5, 5.41) is 2.77. The molecule has 1 aliphatic rings. The van der Waals surface area contributed by atoms with Gasteiger partial charge in [-0.3, -0.25) is 4.79 Å². The number of thiophene rings is 1. The van der Waals surface area contributed by atoms with Gasteiger partial charge in [-0.1, -0.05) is 11.6 Å². The predicted octanol–water partition coefficient (Wildman–Crippen LogP) is 3.21. The Bertz CT molecular complexity index is 945. The predicted molar refractivity (Wildman–Crippen MR) is 104 cm³/mol. The van der Waals surface area contributed by atoms with Crippen LogP contribution >= 0.6 is 22.9 Å². The number of benzene rings is 1. The number of halogens is 1. The normalized spacial score (nSPS) is 17.7. The summed E-state index contributed by atoms with van der Waals surface area (Å²) in [4.78, 5) is 12.8. The van der Waals surface area contributed by atoms with E-state index in [1.807, 2.05) is 0 Å². The van der Waals surface area contributed by atoms with Crippen LogP contribution in [0.15, 0.2) is 34.5 Å². The van der Waals surface area contributed by atoms with E-state index in [-0.39, 0.29) is 10.1 Å². The molecule has 0 aliphatic carbocycles. The molecule has 146 valence electrons. The van der Waals surface area contributed by atoms with Crippen LogP contribution in [0.4, 0.5) is 5.69 Å². The molecular formula is C17H19ClN2O5S2. The fourth-order valence-corrected chi connectivity index (χ4v) is 6.25. The highest BCUT2D eigenvalue weighted by Gasteiger charge is 2.40. The Kier molecular flexibility index (Phi) is 5.95. The number of methoxy groups -OCH3 is 2. The van der Waals surface area contributed by atoms with Crippen molar-refractivity contribution >= 4 is 44.6 Å². The largest absolute Gasteiger partial charge is 0.493 e. The minimum Gasteiger partial charge on any atom is -0.493 e. The Hall–Kier alpha value is -1.81. The first-order valence-electron chi connectivity index (χ1n) is 8.17. The van der Waals surface area contributed by atoms with Crippen molar-refractivity contribution in [2.75, 3.05) is 26.1 Å². The van der Waals surface area contributed by atoms with E-state index >= 15 is 0 Å². The molecule has 2 heterocycles. The molecule has 0 spiro atoms. The minimum atomic E-state index is -3.77. The number of rotatable bonds is 6. The summed E-state index contributed by atoms with van der Waals surface area (Å²) in [5.74, 6) is 0.625. The standard InChI is InChI=1S/C17H19ClN2O5S2/c1-24-13-6-5-11(10-14(13)25-2)19-17(21)12-4-3-9-20(12)27(22,23)16-8-7-15(18)26-16/h5-8,10,12H,3-4,9H2,1-2H3,(H,19,21)/t12-/m1/s1. The Labute approximate surface area is 166 Å². The Balaban J connectivity index is 1.80. The van der Waals surface area contributed by atoms with Crippen LogP contribution in [0.3, 0.4) is 0 Å². The highest BCUT2D eigenvalue weighted by Crippen LogP contribution is 2.33. The van der Waals surface area contributed by atoms with Crippen LogP contribution in [-0.2, 0) is 14.8 Å². The zero-order valence-electron chi connectivity index (χ0n) is 14.8. The Morgan fingerprint density at radius 3 is 2.59 bits per heavy atom. The highest BCUT2D eigenvalue weighted by molar-refractivity contribution is 7.91. The molecule has 1 atom stereocenters. The number of anilines is 1. The summed E-state index contributed by atoms with van der Waals surface area (Å²) in [7, 11) is -0.743. The quantitative estimate of drug-likeness (QED) is 0.760. The molecule has 1 saturated heterocycles. The van der Waals surface area contributed by atoms with Crippen LogP contribution in [0, 0.1) is 0 Å². The fraction of sp³-hybridized carbons (Fsp3) is 0.353. The van der Waals surface area contributed by atoms with Gasteiger partial charge in [-0.2, -0.15) is 4.31 Å². The van der Waals surface area contributed by atoms with Gasteiger partial charge in [-0.25, -0.2) is 8.42 Å². The van der Waals surface area contributed by atoms with Crippen LogP contribution in [0.25, 0.3) is 0 Å². The van der Waals surface area contributed by atoms with Crippen LogP contribution in [0.2, 0.25) is 4.34 Å². The van der Waals surface area contributed by atoms with E-state index in [4.69, 9.17) is 21.1 Å². The van der Waals surface area contributed by atoms with Crippen molar-refractivity contribution in [3.05, 3.63) is 34.7 Å². The van der Waals surface area contributed by atoms with E-state index in [1.54, 1.807) is 18.2 Å². The number of hydrogen-bond donors (Lipinski definition) is 1. The van der Waals surface area contributed by atoms with Gasteiger partial charge in [0.15, 0.2) is 11.5 Å². The molecule has 1 N–H and O–H groups in total. The first-order chi connectivity index (χ1) is 12.9. The number of hydrogen-bond acceptors (Lipinski definition) is 6. The van der Waals surface area contributed by atoms with Crippen LogP contribution in [0.5, 0.6) is 11.5 Å². The molecule has 0 unspecified atom stereocenters. The average molecular weight is 431 g/mol. The summed E-state index contributed by atoms with van der Waals surface area (Å²) in [6.45, 7) is 0.294. The van der Waals surface area contributed by atoms with Gasteiger partial charge in [0, 0.05) is 18.3 Å². The Morgan fingerprint density at radius 2 is 1.96 bits per heavy atom. The van der Waals surface area contributed by atoms with Gasteiger partial charge in [0.05, 0.1) is 18.6 Å². The summed E-state index contributed by atoms with van der Waals surface area (Å²) < 4.78 is 37.9. The molecule has 27 heavy (non-hydrogen) atoms. The molecule has 7 nitrogen and oxygen atoms in total. The molecule has 1 fully saturated rings. The molecule has 1 aromatic carbocycles. The van der Waals surface area contributed by atoms with E-state index in [0.29, 0.717) is 40.9 Å². The smallest absolute Gasteiger partial charge is 0.253 e. The van der Waals surface area contributed by atoms with Crippen LogP contribution in [-0.4, -0.2) is 45.4 Å².